The van der Waals surface area contributed by atoms with Gasteiger partial charge in [0.15, 0.2) is 4.93 Å². The van der Waals surface area contributed by atoms with E-state index < -0.39 is 4.93 Å². The van der Waals surface area contributed by atoms with E-state index in [1.807, 2.05) is 18.7 Å². The first-order chi connectivity index (χ1) is 6.96. The molecule has 4 heteroatoms. The molecule has 0 bridgehead atoms. The van der Waals surface area contributed by atoms with Crippen LogP contribution >= 0.6 is 23.5 Å². The molecule has 2 atom stereocenters. The number of thioether (sulfide) groups is 2. The van der Waals surface area contributed by atoms with E-state index in [4.69, 9.17) is 4.74 Å². The number of carbonyl (C=O) groups excluding carboxylic acids is 1. The van der Waals surface area contributed by atoms with Crippen LogP contribution in [-0.4, -0.2) is 27.7 Å². The van der Waals surface area contributed by atoms with Gasteiger partial charge in [0.2, 0.25) is 0 Å². The zero-order valence-corrected chi connectivity index (χ0v) is 11.2. The van der Waals surface area contributed by atoms with Crippen LogP contribution in [0.1, 0.15) is 27.2 Å². The van der Waals surface area contributed by atoms with Gasteiger partial charge in [0, 0.05) is 5.57 Å². The molecule has 2 nitrogen and oxygen atoms in total. The highest BCUT2D eigenvalue weighted by Crippen LogP contribution is 2.40. The van der Waals surface area contributed by atoms with Crippen LogP contribution in [0.4, 0.5) is 0 Å². The molecule has 1 fully saturated rings. The molecule has 0 aromatic rings. The van der Waals surface area contributed by atoms with Gasteiger partial charge >= 0.3 is 5.97 Å². The molecule has 0 radical (unpaired) electrons. The average Bonchev–Trinajstić information content (AvgIpc) is 2.30. The molecule has 0 N–H and O–H groups in total. The minimum atomic E-state index is -0.406. The predicted molar refractivity (Wildman–Crippen MR) is 68.3 cm³/mol. The molecule has 1 heterocycles. The second-order valence-electron chi connectivity index (χ2n) is 3.90. The highest BCUT2D eigenvalue weighted by Gasteiger charge is 2.37. The van der Waals surface area contributed by atoms with Crippen molar-refractivity contribution in [3.05, 3.63) is 12.2 Å². The standard InChI is InChI=1S/C11H18O2S2/c1-8(2)10(12)13-11(4)9(3)14-6-5-7-15-11/h9H,1,5-7H2,2-4H3. The quantitative estimate of drug-likeness (QED) is 0.552. The first-order valence-electron chi connectivity index (χ1n) is 5.10. The van der Waals surface area contributed by atoms with Gasteiger partial charge in [-0.3, -0.25) is 0 Å². The summed E-state index contributed by atoms with van der Waals surface area (Å²) in [5.41, 5.74) is 0.471. The van der Waals surface area contributed by atoms with Gasteiger partial charge in [0.05, 0.1) is 5.25 Å². The first-order valence-corrected chi connectivity index (χ1v) is 7.13. The van der Waals surface area contributed by atoms with E-state index in [1.165, 1.54) is 6.42 Å². The molecule has 1 saturated heterocycles. The third-order valence-corrected chi connectivity index (χ3v) is 5.55. The molecule has 0 spiro atoms. The summed E-state index contributed by atoms with van der Waals surface area (Å²) in [5, 5.41) is 0.327. The lowest BCUT2D eigenvalue weighted by Gasteiger charge is -2.32. The van der Waals surface area contributed by atoms with Gasteiger partial charge in [0.1, 0.15) is 0 Å². The van der Waals surface area contributed by atoms with Gasteiger partial charge in [-0.2, -0.15) is 11.8 Å². The van der Waals surface area contributed by atoms with E-state index in [0.29, 0.717) is 10.8 Å². The summed E-state index contributed by atoms with van der Waals surface area (Å²) >= 11 is 3.61. The predicted octanol–water partition coefficient (Wildman–Crippen LogP) is 3.08. The van der Waals surface area contributed by atoms with Crippen molar-refractivity contribution < 1.29 is 9.53 Å². The van der Waals surface area contributed by atoms with E-state index in [-0.39, 0.29) is 5.97 Å². The minimum absolute atomic E-state index is 0.278. The maximum atomic E-state index is 11.5. The molecular formula is C11H18O2S2. The fourth-order valence-electron chi connectivity index (χ4n) is 1.25. The van der Waals surface area contributed by atoms with E-state index in [2.05, 4.69) is 13.5 Å². The van der Waals surface area contributed by atoms with Crippen molar-refractivity contribution in [2.75, 3.05) is 11.5 Å². The fourth-order valence-corrected chi connectivity index (χ4v) is 3.92. The van der Waals surface area contributed by atoms with E-state index in [1.54, 1.807) is 18.7 Å². The second-order valence-corrected chi connectivity index (χ2v) is 6.86. The van der Waals surface area contributed by atoms with Crippen LogP contribution in [-0.2, 0) is 9.53 Å². The lowest BCUT2D eigenvalue weighted by atomic mass is 10.3. The Balaban J connectivity index is 2.69. The van der Waals surface area contributed by atoms with Crippen LogP contribution in [0, 0.1) is 0 Å². The van der Waals surface area contributed by atoms with Crippen LogP contribution in [0.25, 0.3) is 0 Å². The summed E-state index contributed by atoms with van der Waals surface area (Å²) in [6.07, 6.45) is 1.18. The van der Waals surface area contributed by atoms with Crippen LogP contribution in [0.3, 0.4) is 0 Å². The van der Waals surface area contributed by atoms with E-state index >= 15 is 0 Å². The maximum absolute atomic E-state index is 11.5. The molecule has 2 unspecified atom stereocenters. The van der Waals surface area contributed by atoms with Gasteiger partial charge < -0.3 is 4.74 Å². The average molecular weight is 246 g/mol. The highest BCUT2D eigenvalue weighted by atomic mass is 32.2. The molecule has 0 amide bonds. The molecule has 86 valence electrons. The number of ether oxygens (including phenoxy) is 1. The summed E-state index contributed by atoms with van der Waals surface area (Å²) in [5.74, 6) is 1.92. The molecule has 0 aliphatic carbocycles. The van der Waals surface area contributed by atoms with Crippen LogP contribution in [0.5, 0.6) is 0 Å². The first kappa shape index (κ1) is 13.0. The Labute approximate surface area is 100 Å². The number of hydrogen-bond acceptors (Lipinski definition) is 4. The number of hydrogen-bond donors (Lipinski definition) is 0. The smallest absolute Gasteiger partial charge is 0.334 e. The second kappa shape index (κ2) is 5.30. The Morgan fingerprint density at radius 1 is 1.53 bits per heavy atom. The van der Waals surface area contributed by atoms with Gasteiger partial charge in [-0.05, 0) is 38.7 Å². The highest BCUT2D eigenvalue weighted by molar-refractivity contribution is 8.04. The Morgan fingerprint density at radius 3 is 2.80 bits per heavy atom. The van der Waals surface area contributed by atoms with Crippen LogP contribution in [0.15, 0.2) is 12.2 Å². The van der Waals surface area contributed by atoms with Crippen molar-refractivity contribution in [3.63, 3.8) is 0 Å². The Hall–Kier alpha value is -0.0900. The van der Waals surface area contributed by atoms with Crippen LogP contribution < -0.4 is 0 Å². The zero-order chi connectivity index (χ0) is 11.5. The molecule has 15 heavy (non-hydrogen) atoms. The Bertz CT molecular complexity index is 265. The minimum Gasteiger partial charge on any atom is -0.444 e. The van der Waals surface area contributed by atoms with Crippen molar-refractivity contribution in [1.29, 1.82) is 0 Å². The Kier molecular flexibility index (Phi) is 4.59. The summed E-state index contributed by atoms with van der Waals surface area (Å²) in [6.45, 7) is 9.42. The van der Waals surface area contributed by atoms with Crippen molar-refractivity contribution >= 4 is 29.5 Å². The third kappa shape index (κ3) is 3.45. The number of carbonyl (C=O) groups is 1. The largest absolute Gasteiger partial charge is 0.444 e. The van der Waals surface area contributed by atoms with Crippen molar-refractivity contribution in [2.45, 2.75) is 37.4 Å². The van der Waals surface area contributed by atoms with E-state index in [0.717, 1.165) is 11.5 Å². The van der Waals surface area contributed by atoms with E-state index in [9.17, 15) is 4.79 Å². The summed E-state index contributed by atoms with van der Waals surface area (Å²) < 4.78 is 5.54. The normalized spacial score (nSPS) is 31.8. The topological polar surface area (TPSA) is 26.3 Å². The molecule has 0 saturated carbocycles. The molecule has 0 aromatic carbocycles. The molecule has 1 aliphatic heterocycles. The summed E-state index contributed by atoms with van der Waals surface area (Å²) in [6, 6.07) is 0. The monoisotopic (exact) mass is 246 g/mol. The van der Waals surface area contributed by atoms with Crippen molar-refractivity contribution in [2.24, 2.45) is 0 Å². The van der Waals surface area contributed by atoms with Gasteiger partial charge in [-0.25, -0.2) is 4.79 Å². The fraction of sp³-hybridized carbons (Fsp3) is 0.727. The Morgan fingerprint density at radius 2 is 2.20 bits per heavy atom. The summed E-state index contributed by atoms with van der Waals surface area (Å²) in [4.78, 5) is 11.1. The number of rotatable bonds is 2. The zero-order valence-electron chi connectivity index (χ0n) is 9.54. The van der Waals surface area contributed by atoms with Gasteiger partial charge in [-0.15, -0.1) is 11.8 Å². The molecular weight excluding hydrogens is 228 g/mol. The van der Waals surface area contributed by atoms with Gasteiger partial charge in [-0.1, -0.05) is 6.58 Å². The SMILES string of the molecule is C=C(C)C(=O)OC1(C)SCCCSC1C. The lowest BCUT2D eigenvalue weighted by Crippen LogP contribution is -2.37. The lowest BCUT2D eigenvalue weighted by molar-refractivity contribution is -0.145. The molecule has 0 aromatic heterocycles. The summed E-state index contributed by atoms with van der Waals surface area (Å²) in [7, 11) is 0. The van der Waals surface area contributed by atoms with Gasteiger partial charge in [0.25, 0.3) is 0 Å². The molecule has 1 rings (SSSR count). The number of esters is 1. The van der Waals surface area contributed by atoms with Crippen molar-refractivity contribution in [1.82, 2.24) is 0 Å². The maximum Gasteiger partial charge on any atom is 0.334 e. The van der Waals surface area contributed by atoms with Crippen molar-refractivity contribution in [3.8, 4) is 0 Å². The molecule has 1 aliphatic rings. The third-order valence-electron chi connectivity index (χ3n) is 2.43. The van der Waals surface area contributed by atoms with Crippen LogP contribution in [0.2, 0.25) is 0 Å².